The van der Waals surface area contributed by atoms with E-state index in [2.05, 4.69) is 16.2 Å². The molecule has 1 N–H and O–H groups in total. The predicted octanol–water partition coefficient (Wildman–Crippen LogP) is 2.12. The van der Waals surface area contributed by atoms with Crippen molar-refractivity contribution in [3.8, 4) is 5.75 Å². The molecule has 2 aromatic rings. The first-order chi connectivity index (χ1) is 13.9. The molecule has 0 saturated carbocycles. The number of ether oxygens (including phenoxy) is 1. The van der Waals surface area contributed by atoms with Gasteiger partial charge in [0.15, 0.2) is 0 Å². The van der Waals surface area contributed by atoms with Gasteiger partial charge in [0.05, 0.1) is 12.0 Å². The molecule has 0 aromatic heterocycles. The Hall–Kier alpha value is -2.84. The summed E-state index contributed by atoms with van der Waals surface area (Å²) in [6.45, 7) is 6.32. The first kappa shape index (κ1) is 20.9. The van der Waals surface area contributed by atoms with Gasteiger partial charge < -0.3 is 14.5 Å². The van der Waals surface area contributed by atoms with Crippen molar-refractivity contribution in [3.63, 3.8) is 0 Å². The minimum atomic E-state index is -3.59. The van der Waals surface area contributed by atoms with Crippen molar-refractivity contribution in [2.75, 3.05) is 44.7 Å². The van der Waals surface area contributed by atoms with Gasteiger partial charge in [0.1, 0.15) is 5.75 Å². The van der Waals surface area contributed by atoms with Crippen molar-refractivity contribution >= 4 is 21.6 Å². The Balaban J connectivity index is 1.60. The smallest absolute Gasteiger partial charge is 0.253 e. The highest BCUT2D eigenvalue weighted by molar-refractivity contribution is 7.89. The van der Waals surface area contributed by atoms with Crippen LogP contribution in [0.2, 0.25) is 0 Å². The number of sulfonamides is 1. The van der Waals surface area contributed by atoms with Gasteiger partial charge in [-0.05, 0) is 48.5 Å². The molecule has 154 valence electrons. The number of hydrogen-bond donors (Lipinski definition) is 1. The number of nitrogens with one attached hydrogen (secondary N) is 1. The van der Waals surface area contributed by atoms with Crippen LogP contribution in [0.3, 0.4) is 0 Å². The first-order valence-corrected chi connectivity index (χ1v) is 10.8. The van der Waals surface area contributed by atoms with Gasteiger partial charge in [-0.25, -0.2) is 13.1 Å². The summed E-state index contributed by atoms with van der Waals surface area (Å²) in [5, 5.41) is 0. The van der Waals surface area contributed by atoms with Gasteiger partial charge in [-0.1, -0.05) is 6.08 Å². The molecule has 1 heterocycles. The van der Waals surface area contributed by atoms with E-state index in [1.165, 1.54) is 18.2 Å². The predicted molar refractivity (Wildman–Crippen MR) is 113 cm³/mol. The third-order valence-electron chi connectivity index (χ3n) is 4.83. The average molecular weight is 416 g/mol. The molecule has 1 amide bonds. The fourth-order valence-electron chi connectivity index (χ4n) is 3.17. The quantitative estimate of drug-likeness (QED) is 0.701. The molecule has 0 atom stereocenters. The minimum Gasteiger partial charge on any atom is -0.497 e. The van der Waals surface area contributed by atoms with Gasteiger partial charge >= 0.3 is 0 Å². The zero-order chi connectivity index (χ0) is 20.9. The SMILES string of the molecule is C=CCNS(=O)(=O)c1ccc(C(=O)N2CCN(c3ccc(OC)cc3)CC2)cc1. The third kappa shape index (κ3) is 4.96. The Bertz CT molecular complexity index is 948. The number of piperazine rings is 1. The van der Waals surface area contributed by atoms with E-state index >= 15 is 0 Å². The molecular formula is C21H25N3O4S. The lowest BCUT2D eigenvalue weighted by molar-refractivity contribution is 0.0746. The Labute approximate surface area is 171 Å². The molecular weight excluding hydrogens is 390 g/mol. The van der Waals surface area contributed by atoms with E-state index in [9.17, 15) is 13.2 Å². The number of benzene rings is 2. The van der Waals surface area contributed by atoms with Gasteiger partial charge in [-0.3, -0.25) is 4.79 Å². The van der Waals surface area contributed by atoms with Crippen LogP contribution in [-0.2, 0) is 10.0 Å². The van der Waals surface area contributed by atoms with Crippen LogP contribution in [0.1, 0.15) is 10.4 Å². The molecule has 1 fully saturated rings. The summed E-state index contributed by atoms with van der Waals surface area (Å²) in [7, 11) is -1.96. The summed E-state index contributed by atoms with van der Waals surface area (Å²) in [4.78, 5) is 16.9. The van der Waals surface area contributed by atoms with E-state index in [-0.39, 0.29) is 17.3 Å². The zero-order valence-corrected chi connectivity index (χ0v) is 17.2. The van der Waals surface area contributed by atoms with Crippen LogP contribution in [0.5, 0.6) is 5.75 Å². The number of anilines is 1. The van der Waals surface area contributed by atoms with Gasteiger partial charge in [0.25, 0.3) is 5.91 Å². The largest absolute Gasteiger partial charge is 0.497 e. The van der Waals surface area contributed by atoms with Crippen molar-refractivity contribution < 1.29 is 17.9 Å². The second kappa shape index (κ2) is 9.11. The molecule has 3 rings (SSSR count). The number of amides is 1. The average Bonchev–Trinajstić information content (AvgIpc) is 2.77. The van der Waals surface area contributed by atoms with Gasteiger partial charge in [-0.2, -0.15) is 0 Å². The molecule has 8 heteroatoms. The van der Waals surface area contributed by atoms with Crippen LogP contribution in [0.4, 0.5) is 5.69 Å². The molecule has 2 aromatic carbocycles. The lowest BCUT2D eigenvalue weighted by Gasteiger charge is -2.36. The summed E-state index contributed by atoms with van der Waals surface area (Å²) in [5.41, 5.74) is 1.57. The maximum atomic E-state index is 12.8. The maximum Gasteiger partial charge on any atom is 0.253 e. The molecule has 1 aliphatic heterocycles. The van der Waals surface area contributed by atoms with Crippen LogP contribution in [0.25, 0.3) is 0 Å². The van der Waals surface area contributed by atoms with Crippen LogP contribution < -0.4 is 14.4 Å². The Kier molecular flexibility index (Phi) is 6.56. The maximum absolute atomic E-state index is 12.8. The molecule has 29 heavy (non-hydrogen) atoms. The summed E-state index contributed by atoms with van der Waals surface area (Å²) in [5.74, 6) is 0.718. The van der Waals surface area contributed by atoms with E-state index in [0.717, 1.165) is 24.5 Å². The number of carbonyl (C=O) groups is 1. The number of rotatable bonds is 7. The van der Waals surface area contributed by atoms with Gasteiger partial charge in [-0.15, -0.1) is 6.58 Å². The number of methoxy groups -OCH3 is 1. The lowest BCUT2D eigenvalue weighted by atomic mass is 10.1. The van der Waals surface area contributed by atoms with Crippen molar-refractivity contribution in [2.24, 2.45) is 0 Å². The summed E-state index contributed by atoms with van der Waals surface area (Å²) in [6, 6.07) is 13.9. The van der Waals surface area contributed by atoms with Crippen LogP contribution >= 0.6 is 0 Å². The van der Waals surface area contributed by atoms with Crippen LogP contribution in [-0.4, -0.2) is 59.1 Å². The molecule has 1 aliphatic rings. The van der Waals surface area contributed by atoms with Crippen molar-refractivity contribution in [2.45, 2.75) is 4.90 Å². The second-order valence-corrected chi connectivity index (χ2v) is 8.41. The minimum absolute atomic E-state index is 0.0950. The Morgan fingerprint density at radius 2 is 1.69 bits per heavy atom. The van der Waals surface area contributed by atoms with Crippen molar-refractivity contribution in [1.82, 2.24) is 9.62 Å². The fourth-order valence-corrected chi connectivity index (χ4v) is 4.17. The normalized spacial score (nSPS) is 14.5. The Morgan fingerprint density at radius 1 is 1.07 bits per heavy atom. The number of nitrogens with zero attached hydrogens (tertiary/aromatic N) is 2. The first-order valence-electron chi connectivity index (χ1n) is 9.33. The van der Waals surface area contributed by atoms with E-state index in [1.54, 1.807) is 24.1 Å². The van der Waals surface area contributed by atoms with E-state index in [4.69, 9.17) is 4.74 Å². The molecule has 0 unspecified atom stereocenters. The molecule has 0 aliphatic carbocycles. The third-order valence-corrected chi connectivity index (χ3v) is 6.27. The standard InChI is InChI=1S/C21H25N3O4S/c1-3-12-22-29(26,27)20-10-4-17(5-11-20)21(25)24-15-13-23(14-16-24)18-6-8-19(28-2)9-7-18/h3-11,22H,1,12-16H2,2H3. The molecule has 0 spiro atoms. The fraction of sp³-hybridized carbons (Fsp3) is 0.286. The summed E-state index contributed by atoms with van der Waals surface area (Å²) >= 11 is 0. The summed E-state index contributed by atoms with van der Waals surface area (Å²) < 4.78 is 31.8. The molecule has 7 nitrogen and oxygen atoms in total. The van der Waals surface area contributed by atoms with Gasteiger partial charge in [0, 0.05) is 44.0 Å². The number of carbonyl (C=O) groups excluding carboxylic acids is 1. The van der Waals surface area contributed by atoms with E-state index < -0.39 is 10.0 Å². The van der Waals surface area contributed by atoms with E-state index in [1.807, 2.05) is 24.3 Å². The van der Waals surface area contributed by atoms with Crippen LogP contribution in [0.15, 0.2) is 66.1 Å². The topological polar surface area (TPSA) is 79.0 Å². The van der Waals surface area contributed by atoms with Crippen molar-refractivity contribution in [3.05, 3.63) is 66.7 Å². The zero-order valence-electron chi connectivity index (χ0n) is 16.4. The van der Waals surface area contributed by atoms with Crippen molar-refractivity contribution in [1.29, 1.82) is 0 Å². The molecule has 1 saturated heterocycles. The highest BCUT2D eigenvalue weighted by atomic mass is 32.2. The van der Waals surface area contributed by atoms with Gasteiger partial charge in [0.2, 0.25) is 10.0 Å². The second-order valence-electron chi connectivity index (χ2n) is 6.64. The van der Waals surface area contributed by atoms with E-state index in [0.29, 0.717) is 18.7 Å². The monoisotopic (exact) mass is 415 g/mol. The lowest BCUT2D eigenvalue weighted by Crippen LogP contribution is -2.48. The molecule has 0 bridgehead atoms. The number of hydrogen-bond acceptors (Lipinski definition) is 5. The molecule has 0 radical (unpaired) electrons. The highest BCUT2D eigenvalue weighted by Crippen LogP contribution is 2.21. The summed E-state index contributed by atoms with van der Waals surface area (Å²) in [6.07, 6.45) is 1.47. The highest BCUT2D eigenvalue weighted by Gasteiger charge is 2.23. The van der Waals surface area contributed by atoms with Crippen LogP contribution in [0, 0.1) is 0 Å². The Morgan fingerprint density at radius 3 is 2.24 bits per heavy atom.